The fourth-order valence-corrected chi connectivity index (χ4v) is 1.56. The minimum atomic E-state index is -0.486. The fraction of sp³-hybridized carbons (Fsp3) is 0.692. The summed E-state index contributed by atoms with van der Waals surface area (Å²) in [6.45, 7) is 8.41. The van der Waals surface area contributed by atoms with E-state index < -0.39 is 6.10 Å². The van der Waals surface area contributed by atoms with Crippen LogP contribution in [0.1, 0.15) is 56.7 Å². The molecule has 3 N–H and O–H groups in total. The molecule has 0 saturated carbocycles. The first-order valence-corrected chi connectivity index (χ1v) is 6.36. The largest absolute Gasteiger partial charge is 0.391 e. The number of H-pyrrole nitrogens is 1. The molecule has 1 unspecified atom stereocenters. The van der Waals surface area contributed by atoms with Gasteiger partial charge < -0.3 is 10.4 Å². The van der Waals surface area contributed by atoms with Gasteiger partial charge >= 0.3 is 0 Å². The van der Waals surface area contributed by atoms with Gasteiger partial charge in [-0.3, -0.25) is 9.89 Å². The minimum Gasteiger partial charge on any atom is -0.391 e. The fourth-order valence-electron chi connectivity index (χ4n) is 1.56. The third kappa shape index (κ3) is 4.14. The first kappa shape index (κ1) is 14.7. The van der Waals surface area contributed by atoms with Crippen LogP contribution in [0.4, 0.5) is 0 Å². The maximum Gasteiger partial charge on any atom is 0.271 e. The third-order valence-corrected chi connectivity index (χ3v) is 2.74. The summed E-state index contributed by atoms with van der Waals surface area (Å²) in [5.41, 5.74) is 1.22. The van der Waals surface area contributed by atoms with Gasteiger partial charge in [-0.1, -0.05) is 34.1 Å². The Morgan fingerprint density at radius 2 is 2.22 bits per heavy atom. The average molecular weight is 253 g/mol. The quantitative estimate of drug-likeness (QED) is 0.746. The molecule has 0 aliphatic rings. The van der Waals surface area contributed by atoms with Crippen LogP contribution in [0.3, 0.4) is 0 Å². The molecule has 18 heavy (non-hydrogen) atoms. The predicted molar refractivity (Wildman–Crippen MR) is 70.5 cm³/mol. The van der Waals surface area contributed by atoms with Crippen LogP contribution in [0, 0.1) is 0 Å². The lowest BCUT2D eigenvalue weighted by molar-refractivity contribution is 0.0905. The van der Waals surface area contributed by atoms with Gasteiger partial charge in [0.25, 0.3) is 5.91 Å². The normalized spacial score (nSPS) is 13.4. The number of rotatable bonds is 5. The Kier molecular flexibility index (Phi) is 4.90. The molecular weight excluding hydrogens is 230 g/mol. The van der Waals surface area contributed by atoms with E-state index in [-0.39, 0.29) is 17.9 Å². The van der Waals surface area contributed by atoms with E-state index in [1.54, 1.807) is 6.07 Å². The lowest BCUT2D eigenvalue weighted by Crippen LogP contribution is -2.32. The number of aromatic amines is 1. The van der Waals surface area contributed by atoms with Crippen molar-refractivity contribution in [3.63, 3.8) is 0 Å². The Hall–Kier alpha value is -1.36. The Balaban J connectivity index is 2.55. The highest BCUT2D eigenvalue weighted by Crippen LogP contribution is 2.20. The lowest BCUT2D eigenvalue weighted by Gasteiger charge is -2.14. The highest BCUT2D eigenvalue weighted by molar-refractivity contribution is 5.92. The van der Waals surface area contributed by atoms with Gasteiger partial charge in [-0.05, 0) is 12.5 Å². The zero-order valence-electron chi connectivity index (χ0n) is 11.6. The molecular formula is C13H23N3O2. The van der Waals surface area contributed by atoms with Crippen LogP contribution < -0.4 is 5.32 Å². The Morgan fingerprint density at radius 1 is 1.56 bits per heavy atom. The van der Waals surface area contributed by atoms with Crippen molar-refractivity contribution in [1.29, 1.82) is 0 Å². The molecule has 1 aromatic heterocycles. The second-order valence-corrected chi connectivity index (χ2v) is 5.57. The number of aliphatic hydroxyl groups is 1. The van der Waals surface area contributed by atoms with E-state index in [9.17, 15) is 9.90 Å². The highest BCUT2D eigenvalue weighted by atomic mass is 16.3. The monoisotopic (exact) mass is 253 g/mol. The van der Waals surface area contributed by atoms with Gasteiger partial charge in [-0.2, -0.15) is 5.10 Å². The van der Waals surface area contributed by atoms with Gasteiger partial charge in [0.05, 0.1) is 6.10 Å². The molecule has 5 nitrogen and oxygen atoms in total. The van der Waals surface area contributed by atoms with Gasteiger partial charge in [-0.25, -0.2) is 0 Å². The summed E-state index contributed by atoms with van der Waals surface area (Å²) >= 11 is 0. The molecule has 1 heterocycles. The molecule has 1 atom stereocenters. The minimum absolute atomic E-state index is 0.0622. The van der Waals surface area contributed by atoms with Crippen LogP contribution in [-0.2, 0) is 5.41 Å². The molecule has 1 rings (SSSR count). The van der Waals surface area contributed by atoms with E-state index >= 15 is 0 Å². The van der Waals surface area contributed by atoms with Crippen LogP contribution in [0.2, 0.25) is 0 Å². The molecule has 0 spiro atoms. The van der Waals surface area contributed by atoms with Crippen LogP contribution in [0.5, 0.6) is 0 Å². The first-order chi connectivity index (χ1) is 8.34. The van der Waals surface area contributed by atoms with Crippen LogP contribution in [-0.4, -0.2) is 33.9 Å². The topological polar surface area (TPSA) is 78.0 Å². The molecule has 0 bridgehead atoms. The Bertz CT molecular complexity index is 393. The number of aliphatic hydroxyl groups excluding tert-OH is 1. The molecule has 0 radical (unpaired) electrons. The van der Waals surface area contributed by atoms with Crippen molar-refractivity contribution in [2.45, 2.75) is 52.1 Å². The number of carbonyl (C=O) groups excluding carboxylic acids is 1. The first-order valence-electron chi connectivity index (χ1n) is 6.36. The molecule has 0 saturated heterocycles. The number of nitrogens with zero attached hydrogens (tertiary/aromatic N) is 1. The van der Waals surface area contributed by atoms with Gasteiger partial charge in [0.2, 0.25) is 0 Å². The van der Waals surface area contributed by atoms with Crippen molar-refractivity contribution in [3.8, 4) is 0 Å². The van der Waals surface area contributed by atoms with Crippen molar-refractivity contribution >= 4 is 5.91 Å². The summed E-state index contributed by atoms with van der Waals surface area (Å²) < 4.78 is 0. The number of nitrogens with one attached hydrogen (secondary N) is 2. The number of carbonyl (C=O) groups is 1. The second kappa shape index (κ2) is 6.00. The molecule has 1 aromatic rings. The lowest BCUT2D eigenvalue weighted by atomic mass is 9.92. The summed E-state index contributed by atoms with van der Waals surface area (Å²) in [5, 5.41) is 19.1. The number of hydrogen-bond donors (Lipinski definition) is 3. The summed E-state index contributed by atoms with van der Waals surface area (Å²) in [4.78, 5) is 11.8. The van der Waals surface area contributed by atoms with E-state index in [1.165, 1.54) is 0 Å². The van der Waals surface area contributed by atoms with E-state index in [2.05, 4.69) is 15.5 Å². The Morgan fingerprint density at radius 3 is 2.72 bits per heavy atom. The summed E-state index contributed by atoms with van der Waals surface area (Å²) in [6, 6.07) is 1.75. The van der Waals surface area contributed by atoms with Gasteiger partial charge in [0, 0.05) is 17.7 Å². The van der Waals surface area contributed by atoms with E-state index in [0.29, 0.717) is 12.1 Å². The summed E-state index contributed by atoms with van der Waals surface area (Å²) in [5.74, 6) is -0.253. The number of hydrogen-bond acceptors (Lipinski definition) is 3. The molecule has 0 fully saturated rings. The number of aromatic nitrogens is 2. The smallest absolute Gasteiger partial charge is 0.271 e. The molecule has 0 aliphatic carbocycles. The maximum atomic E-state index is 11.8. The van der Waals surface area contributed by atoms with Crippen molar-refractivity contribution in [3.05, 3.63) is 17.5 Å². The van der Waals surface area contributed by atoms with Gasteiger partial charge in [-0.15, -0.1) is 0 Å². The zero-order valence-corrected chi connectivity index (χ0v) is 11.6. The Labute approximate surface area is 108 Å². The molecule has 102 valence electrons. The molecule has 0 aromatic carbocycles. The molecule has 0 aliphatic heterocycles. The van der Waals surface area contributed by atoms with E-state index in [0.717, 1.165) is 12.1 Å². The van der Waals surface area contributed by atoms with Crippen LogP contribution in [0.25, 0.3) is 0 Å². The van der Waals surface area contributed by atoms with Crippen LogP contribution in [0.15, 0.2) is 6.07 Å². The van der Waals surface area contributed by atoms with Crippen molar-refractivity contribution in [1.82, 2.24) is 15.5 Å². The second-order valence-electron chi connectivity index (χ2n) is 5.57. The predicted octanol–water partition coefficient (Wildman–Crippen LogP) is 1.60. The summed E-state index contributed by atoms with van der Waals surface area (Å²) in [7, 11) is 0. The molecule has 5 heteroatoms. The van der Waals surface area contributed by atoms with E-state index in [4.69, 9.17) is 0 Å². The van der Waals surface area contributed by atoms with Crippen molar-refractivity contribution in [2.75, 3.05) is 6.54 Å². The maximum absolute atomic E-state index is 11.8. The standard InChI is InChI=1S/C13H23N3O2/c1-5-6-9(17)8-14-12(18)10-7-11(16-15-10)13(2,3)4/h7,9,17H,5-6,8H2,1-4H3,(H,14,18)(H,15,16). The van der Waals surface area contributed by atoms with E-state index in [1.807, 2.05) is 27.7 Å². The van der Waals surface area contributed by atoms with Crippen LogP contribution >= 0.6 is 0 Å². The average Bonchev–Trinajstić information content (AvgIpc) is 2.75. The molecule has 1 amide bonds. The van der Waals surface area contributed by atoms with Gasteiger partial charge in [0.15, 0.2) is 0 Å². The number of amides is 1. The highest BCUT2D eigenvalue weighted by Gasteiger charge is 2.19. The summed E-state index contributed by atoms with van der Waals surface area (Å²) in [6.07, 6.45) is 1.10. The zero-order chi connectivity index (χ0) is 13.8. The third-order valence-electron chi connectivity index (χ3n) is 2.74. The SMILES string of the molecule is CCCC(O)CNC(=O)c1cc(C(C)(C)C)[nH]n1. The van der Waals surface area contributed by atoms with Crippen molar-refractivity contribution < 1.29 is 9.90 Å². The van der Waals surface area contributed by atoms with Gasteiger partial charge in [0.1, 0.15) is 5.69 Å². The van der Waals surface area contributed by atoms with Crippen molar-refractivity contribution in [2.24, 2.45) is 0 Å².